The van der Waals surface area contributed by atoms with Gasteiger partial charge < -0.3 is 11.1 Å². The van der Waals surface area contributed by atoms with Crippen LogP contribution in [0.4, 0.5) is 17.1 Å². The van der Waals surface area contributed by atoms with Crippen LogP contribution >= 0.6 is 23.2 Å². The van der Waals surface area contributed by atoms with Crippen molar-refractivity contribution in [3.05, 3.63) is 51.5 Å². The third-order valence-corrected chi connectivity index (χ3v) is 3.47. The summed E-state index contributed by atoms with van der Waals surface area (Å²) in [6.45, 7) is 4.10. The van der Waals surface area contributed by atoms with E-state index in [2.05, 4.69) is 18.3 Å². The van der Waals surface area contributed by atoms with Gasteiger partial charge in [0.15, 0.2) is 0 Å². The lowest BCUT2D eigenvalue weighted by atomic mass is 10.1. The predicted octanol–water partition coefficient (Wildman–Crippen LogP) is 4.94. The molecule has 2 nitrogen and oxygen atoms in total. The molecule has 0 radical (unpaired) electrons. The van der Waals surface area contributed by atoms with Gasteiger partial charge in [-0.3, -0.25) is 0 Å². The van der Waals surface area contributed by atoms with Crippen molar-refractivity contribution in [3.8, 4) is 0 Å². The van der Waals surface area contributed by atoms with E-state index in [9.17, 15) is 0 Å². The van der Waals surface area contributed by atoms with Crippen LogP contribution in [-0.4, -0.2) is 0 Å². The maximum absolute atomic E-state index is 5.99. The van der Waals surface area contributed by atoms with Gasteiger partial charge in [0.05, 0.1) is 21.4 Å². The molecule has 2 aromatic carbocycles. The van der Waals surface area contributed by atoms with Crippen LogP contribution < -0.4 is 11.1 Å². The second-order valence-corrected chi connectivity index (χ2v) is 5.11. The topological polar surface area (TPSA) is 38.0 Å². The molecule has 0 aliphatic carbocycles. The first-order valence-corrected chi connectivity index (χ1v) is 6.32. The summed E-state index contributed by atoms with van der Waals surface area (Å²) in [5.74, 6) is 0. The maximum Gasteiger partial charge on any atom is 0.0634 e. The first kappa shape index (κ1) is 13.1. The van der Waals surface area contributed by atoms with Gasteiger partial charge in [0.1, 0.15) is 0 Å². The Morgan fingerprint density at radius 3 is 2.28 bits per heavy atom. The highest BCUT2D eigenvalue weighted by molar-refractivity contribution is 6.42. The van der Waals surface area contributed by atoms with E-state index in [1.54, 1.807) is 12.1 Å². The van der Waals surface area contributed by atoms with Crippen LogP contribution in [0.25, 0.3) is 0 Å². The SMILES string of the molecule is Cc1ccc(Nc2cc(Cl)c(Cl)cc2N)c(C)c1. The molecule has 0 bridgehead atoms. The first-order valence-electron chi connectivity index (χ1n) is 5.56. The molecule has 0 aromatic heterocycles. The lowest BCUT2D eigenvalue weighted by molar-refractivity contribution is 1.37. The Bertz CT molecular complexity index is 595. The number of aryl methyl sites for hydroxylation is 2. The molecule has 0 saturated carbocycles. The third kappa shape index (κ3) is 2.71. The standard InChI is InChI=1S/C14H14Cl2N2/c1-8-3-4-13(9(2)5-8)18-14-7-11(16)10(15)6-12(14)17/h3-7,18H,17H2,1-2H3. The summed E-state index contributed by atoms with van der Waals surface area (Å²) in [5.41, 5.74) is 10.6. The number of hydrogen-bond donors (Lipinski definition) is 2. The maximum atomic E-state index is 5.99. The zero-order chi connectivity index (χ0) is 13.3. The van der Waals surface area contributed by atoms with Crippen molar-refractivity contribution in [1.82, 2.24) is 0 Å². The summed E-state index contributed by atoms with van der Waals surface area (Å²) >= 11 is 11.9. The Hall–Kier alpha value is -1.38. The van der Waals surface area contributed by atoms with Crippen molar-refractivity contribution in [2.45, 2.75) is 13.8 Å². The Kier molecular flexibility index (Phi) is 3.69. The van der Waals surface area contributed by atoms with Gasteiger partial charge >= 0.3 is 0 Å². The molecule has 3 N–H and O–H groups in total. The summed E-state index contributed by atoms with van der Waals surface area (Å²) in [4.78, 5) is 0. The molecule has 0 unspecified atom stereocenters. The number of nitrogens with one attached hydrogen (secondary N) is 1. The normalized spacial score (nSPS) is 10.4. The van der Waals surface area contributed by atoms with E-state index in [4.69, 9.17) is 28.9 Å². The van der Waals surface area contributed by atoms with Crippen molar-refractivity contribution in [2.75, 3.05) is 11.1 Å². The molecular weight excluding hydrogens is 267 g/mol. The molecule has 0 atom stereocenters. The number of nitrogens with two attached hydrogens (primary N) is 1. The number of anilines is 3. The number of nitrogen functional groups attached to an aromatic ring is 1. The second-order valence-electron chi connectivity index (χ2n) is 4.30. The smallest absolute Gasteiger partial charge is 0.0634 e. The number of benzene rings is 2. The average molecular weight is 281 g/mol. The molecule has 0 spiro atoms. The molecule has 2 aromatic rings. The van der Waals surface area contributed by atoms with Crippen LogP contribution in [0.5, 0.6) is 0 Å². The summed E-state index contributed by atoms with van der Waals surface area (Å²) in [7, 11) is 0. The van der Waals surface area contributed by atoms with Gasteiger partial charge in [0.2, 0.25) is 0 Å². The van der Waals surface area contributed by atoms with Crippen LogP contribution in [0.1, 0.15) is 11.1 Å². The minimum absolute atomic E-state index is 0.459. The Morgan fingerprint density at radius 1 is 0.944 bits per heavy atom. The lowest BCUT2D eigenvalue weighted by Gasteiger charge is -2.13. The minimum atomic E-state index is 0.459. The predicted molar refractivity (Wildman–Crippen MR) is 80.1 cm³/mol. The molecule has 0 fully saturated rings. The quantitative estimate of drug-likeness (QED) is 0.765. The molecule has 4 heteroatoms. The lowest BCUT2D eigenvalue weighted by Crippen LogP contribution is -1.98. The summed E-state index contributed by atoms with van der Waals surface area (Å²) in [6.07, 6.45) is 0. The van der Waals surface area contributed by atoms with Gasteiger partial charge in [0, 0.05) is 5.69 Å². The van der Waals surface area contributed by atoms with Gasteiger partial charge in [-0.1, -0.05) is 40.9 Å². The number of hydrogen-bond acceptors (Lipinski definition) is 2. The summed E-state index contributed by atoms with van der Waals surface area (Å²) < 4.78 is 0. The Balaban J connectivity index is 2.37. The molecule has 2 rings (SSSR count). The molecule has 0 amide bonds. The van der Waals surface area contributed by atoms with Crippen LogP contribution in [0.3, 0.4) is 0 Å². The van der Waals surface area contributed by atoms with Crippen LogP contribution in [0.2, 0.25) is 10.0 Å². The van der Waals surface area contributed by atoms with Crippen LogP contribution in [0, 0.1) is 13.8 Å². The second kappa shape index (κ2) is 5.09. The van der Waals surface area contributed by atoms with Gasteiger partial charge in [-0.05, 0) is 37.6 Å². The van der Waals surface area contributed by atoms with Gasteiger partial charge in [0.25, 0.3) is 0 Å². The largest absolute Gasteiger partial charge is 0.397 e. The highest BCUT2D eigenvalue weighted by atomic mass is 35.5. The molecule has 18 heavy (non-hydrogen) atoms. The van der Waals surface area contributed by atoms with Crippen LogP contribution in [-0.2, 0) is 0 Å². The molecule has 0 saturated heterocycles. The highest BCUT2D eigenvalue weighted by Crippen LogP contribution is 2.33. The van der Waals surface area contributed by atoms with Crippen molar-refractivity contribution >= 4 is 40.3 Å². The molecule has 94 valence electrons. The molecule has 0 aliphatic rings. The van der Waals surface area contributed by atoms with Crippen molar-refractivity contribution < 1.29 is 0 Å². The fourth-order valence-electron chi connectivity index (χ4n) is 1.77. The van der Waals surface area contributed by atoms with Gasteiger partial charge in [-0.15, -0.1) is 0 Å². The fourth-order valence-corrected chi connectivity index (χ4v) is 2.11. The van der Waals surface area contributed by atoms with E-state index in [-0.39, 0.29) is 0 Å². The monoisotopic (exact) mass is 280 g/mol. The van der Waals surface area contributed by atoms with E-state index < -0.39 is 0 Å². The van der Waals surface area contributed by atoms with Crippen molar-refractivity contribution in [1.29, 1.82) is 0 Å². The van der Waals surface area contributed by atoms with E-state index in [1.165, 1.54) is 5.56 Å². The summed E-state index contributed by atoms with van der Waals surface area (Å²) in [5, 5.41) is 4.21. The number of rotatable bonds is 2. The first-order chi connectivity index (χ1) is 8.47. The van der Waals surface area contributed by atoms with E-state index in [0.29, 0.717) is 15.7 Å². The van der Waals surface area contributed by atoms with Gasteiger partial charge in [-0.2, -0.15) is 0 Å². The third-order valence-electron chi connectivity index (χ3n) is 2.74. The van der Waals surface area contributed by atoms with E-state index >= 15 is 0 Å². The number of halogens is 2. The van der Waals surface area contributed by atoms with Crippen molar-refractivity contribution in [2.24, 2.45) is 0 Å². The van der Waals surface area contributed by atoms with E-state index in [0.717, 1.165) is 16.9 Å². The molecular formula is C14H14Cl2N2. The molecule has 0 heterocycles. The summed E-state index contributed by atoms with van der Waals surface area (Å²) in [6, 6.07) is 9.56. The van der Waals surface area contributed by atoms with Crippen molar-refractivity contribution in [3.63, 3.8) is 0 Å². The zero-order valence-electron chi connectivity index (χ0n) is 10.2. The average Bonchev–Trinajstić information content (AvgIpc) is 2.29. The van der Waals surface area contributed by atoms with E-state index in [1.807, 2.05) is 19.1 Å². The minimum Gasteiger partial charge on any atom is -0.397 e. The molecule has 0 aliphatic heterocycles. The Labute approximate surface area is 117 Å². The van der Waals surface area contributed by atoms with Gasteiger partial charge in [-0.25, -0.2) is 0 Å². The Morgan fingerprint density at radius 2 is 1.61 bits per heavy atom. The van der Waals surface area contributed by atoms with Crippen LogP contribution in [0.15, 0.2) is 30.3 Å². The fraction of sp³-hybridized carbons (Fsp3) is 0.143. The zero-order valence-corrected chi connectivity index (χ0v) is 11.7. The highest BCUT2D eigenvalue weighted by Gasteiger charge is 2.06.